The number of nitrogen functional groups attached to an aromatic ring is 1. The first-order valence-electron chi connectivity index (χ1n) is 7.73. The number of hydrogen-bond acceptors (Lipinski definition) is 5. The Morgan fingerprint density at radius 2 is 2.08 bits per heavy atom. The van der Waals surface area contributed by atoms with Crippen LogP contribution in [0.15, 0.2) is 35.7 Å². The highest BCUT2D eigenvalue weighted by molar-refractivity contribution is 7.13. The predicted octanol–water partition coefficient (Wildman–Crippen LogP) is 2.79. The molecule has 1 amide bonds. The van der Waals surface area contributed by atoms with Crippen LogP contribution in [-0.2, 0) is 6.42 Å². The number of hydrogen-bond donors (Lipinski definition) is 3. The van der Waals surface area contributed by atoms with E-state index in [0.717, 1.165) is 29.8 Å². The molecule has 3 rings (SSSR count). The first kappa shape index (κ1) is 16.2. The fourth-order valence-corrected chi connectivity index (χ4v) is 3.00. The Morgan fingerprint density at radius 1 is 1.29 bits per heavy atom. The van der Waals surface area contributed by atoms with E-state index >= 15 is 0 Å². The van der Waals surface area contributed by atoms with Crippen molar-refractivity contribution in [3.05, 3.63) is 52.8 Å². The van der Waals surface area contributed by atoms with Gasteiger partial charge in [0.05, 0.1) is 5.69 Å². The van der Waals surface area contributed by atoms with Crippen molar-refractivity contribution in [2.24, 2.45) is 0 Å². The number of nitrogens with zero attached hydrogens (tertiary/aromatic N) is 2. The number of nitrogens with one attached hydrogen (secondary N) is 2. The maximum absolute atomic E-state index is 12.3. The third kappa shape index (κ3) is 3.80. The molecule has 4 N–H and O–H groups in total. The van der Waals surface area contributed by atoms with Crippen LogP contribution in [0, 0.1) is 6.92 Å². The average molecular weight is 341 g/mol. The maximum Gasteiger partial charge on any atom is 0.271 e. The van der Waals surface area contributed by atoms with E-state index in [2.05, 4.69) is 20.3 Å². The molecule has 0 aliphatic carbocycles. The maximum atomic E-state index is 12.3. The number of benzene rings is 1. The molecule has 124 valence electrons. The van der Waals surface area contributed by atoms with Crippen LogP contribution < -0.4 is 11.1 Å². The molecule has 0 bridgehead atoms. The van der Waals surface area contributed by atoms with Gasteiger partial charge >= 0.3 is 0 Å². The van der Waals surface area contributed by atoms with E-state index in [1.807, 2.05) is 42.6 Å². The summed E-state index contributed by atoms with van der Waals surface area (Å²) < 4.78 is 0. The summed E-state index contributed by atoms with van der Waals surface area (Å²) in [7, 11) is 0. The van der Waals surface area contributed by atoms with Crippen LogP contribution in [0.5, 0.6) is 0 Å². The minimum Gasteiger partial charge on any atom is -0.375 e. The van der Waals surface area contributed by atoms with Crippen molar-refractivity contribution in [2.75, 3.05) is 12.3 Å². The number of carbonyl (C=O) groups excluding carboxylic acids is 1. The Bertz CT molecular complexity index is 825. The van der Waals surface area contributed by atoms with Gasteiger partial charge in [0, 0.05) is 23.2 Å². The third-order valence-corrected chi connectivity index (χ3v) is 4.33. The van der Waals surface area contributed by atoms with Crippen LogP contribution in [0.3, 0.4) is 0 Å². The van der Waals surface area contributed by atoms with Gasteiger partial charge in [-0.1, -0.05) is 30.3 Å². The lowest BCUT2D eigenvalue weighted by Gasteiger charge is -2.02. The fourth-order valence-electron chi connectivity index (χ4n) is 2.41. The second-order valence-electron chi connectivity index (χ2n) is 5.46. The van der Waals surface area contributed by atoms with Crippen LogP contribution in [0.1, 0.15) is 28.3 Å². The summed E-state index contributed by atoms with van der Waals surface area (Å²) in [6, 6.07) is 9.75. The number of aromatic nitrogens is 3. The van der Waals surface area contributed by atoms with E-state index in [1.54, 1.807) is 0 Å². The summed E-state index contributed by atoms with van der Waals surface area (Å²) in [4.78, 5) is 24.1. The van der Waals surface area contributed by atoms with E-state index in [0.29, 0.717) is 23.2 Å². The first-order chi connectivity index (χ1) is 11.6. The molecule has 2 heterocycles. The molecule has 0 saturated carbocycles. The van der Waals surface area contributed by atoms with Gasteiger partial charge in [-0.2, -0.15) is 0 Å². The Labute approximate surface area is 144 Å². The van der Waals surface area contributed by atoms with Gasteiger partial charge in [-0.25, -0.2) is 9.97 Å². The molecule has 0 unspecified atom stereocenters. The largest absolute Gasteiger partial charge is 0.375 e. The molecular weight excluding hydrogens is 322 g/mol. The molecule has 1 aromatic carbocycles. The van der Waals surface area contributed by atoms with Gasteiger partial charge in [-0.05, 0) is 19.8 Å². The normalized spacial score (nSPS) is 10.7. The van der Waals surface area contributed by atoms with Crippen molar-refractivity contribution >= 4 is 22.4 Å². The fraction of sp³-hybridized carbons (Fsp3) is 0.235. The highest BCUT2D eigenvalue weighted by atomic mass is 32.1. The Balaban J connectivity index is 1.56. The number of anilines is 1. The lowest BCUT2D eigenvalue weighted by molar-refractivity contribution is 0.0948. The Morgan fingerprint density at radius 3 is 2.79 bits per heavy atom. The quantitative estimate of drug-likeness (QED) is 0.601. The average Bonchev–Trinajstić information content (AvgIpc) is 3.18. The molecule has 3 aromatic rings. The summed E-state index contributed by atoms with van der Waals surface area (Å²) in [5, 5.41) is 5.43. The number of imidazole rings is 1. The van der Waals surface area contributed by atoms with Crippen LogP contribution in [0.2, 0.25) is 0 Å². The summed E-state index contributed by atoms with van der Waals surface area (Å²) in [6.45, 7) is 2.43. The number of aryl methyl sites for hydroxylation is 2. The van der Waals surface area contributed by atoms with Gasteiger partial charge in [-0.15, -0.1) is 11.3 Å². The number of thiazole rings is 1. The molecule has 0 aliphatic heterocycles. The van der Waals surface area contributed by atoms with Crippen molar-refractivity contribution in [3.63, 3.8) is 0 Å². The minimum atomic E-state index is -0.163. The standard InChI is InChI=1S/C17H19N5OS/c1-11-14(22-15(20-11)12-6-3-2-4-7-12)16(23)19-9-5-8-13-10-24-17(18)21-13/h2-4,6-7,10H,5,8-9H2,1H3,(H2,18,21)(H,19,23)(H,20,22). The molecule has 0 atom stereocenters. The lowest BCUT2D eigenvalue weighted by atomic mass is 10.2. The molecule has 24 heavy (non-hydrogen) atoms. The number of rotatable bonds is 6. The highest BCUT2D eigenvalue weighted by Gasteiger charge is 2.15. The zero-order chi connectivity index (χ0) is 16.9. The SMILES string of the molecule is Cc1[nH]c(-c2ccccc2)nc1C(=O)NCCCc1csc(N)n1. The van der Waals surface area contributed by atoms with Crippen molar-refractivity contribution < 1.29 is 4.79 Å². The lowest BCUT2D eigenvalue weighted by Crippen LogP contribution is -2.25. The molecule has 0 radical (unpaired) electrons. The second-order valence-corrected chi connectivity index (χ2v) is 6.35. The molecule has 0 fully saturated rings. The first-order valence-corrected chi connectivity index (χ1v) is 8.61. The van der Waals surface area contributed by atoms with Crippen LogP contribution in [-0.4, -0.2) is 27.4 Å². The van der Waals surface area contributed by atoms with E-state index in [9.17, 15) is 4.79 Å². The predicted molar refractivity (Wildman–Crippen MR) is 95.9 cm³/mol. The van der Waals surface area contributed by atoms with Crippen molar-refractivity contribution in [1.82, 2.24) is 20.3 Å². The van der Waals surface area contributed by atoms with Gasteiger partial charge in [0.25, 0.3) is 5.91 Å². The zero-order valence-corrected chi connectivity index (χ0v) is 14.2. The minimum absolute atomic E-state index is 0.163. The summed E-state index contributed by atoms with van der Waals surface area (Å²) >= 11 is 1.43. The van der Waals surface area contributed by atoms with E-state index in [-0.39, 0.29) is 5.91 Å². The summed E-state index contributed by atoms with van der Waals surface area (Å²) in [5.74, 6) is 0.542. The Kier molecular flexibility index (Phi) is 4.90. The van der Waals surface area contributed by atoms with Gasteiger partial charge in [-0.3, -0.25) is 4.79 Å². The van der Waals surface area contributed by atoms with E-state index < -0.39 is 0 Å². The van der Waals surface area contributed by atoms with Crippen LogP contribution in [0.25, 0.3) is 11.4 Å². The number of H-pyrrole nitrogens is 1. The molecule has 0 aliphatic rings. The van der Waals surface area contributed by atoms with Gasteiger partial charge in [0.2, 0.25) is 0 Å². The summed E-state index contributed by atoms with van der Waals surface area (Å²) in [6.07, 6.45) is 1.60. The van der Waals surface area contributed by atoms with E-state index in [4.69, 9.17) is 5.73 Å². The van der Waals surface area contributed by atoms with E-state index in [1.165, 1.54) is 11.3 Å². The number of aromatic amines is 1. The van der Waals surface area contributed by atoms with Gasteiger partial charge in [0.1, 0.15) is 11.5 Å². The topological polar surface area (TPSA) is 96.7 Å². The molecule has 0 spiro atoms. The molecular formula is C17H19N5OS. The smallest absolute Gasteiger partial charge is 0.271 e. The molecule has 2 aromatic heterocycles. The van der Waals surface area contributed by atoms with Gasteiger partial charge in [0.15, 0.2) is 5.13 Å². The molecule has 6 nitrogen and oxygen atoms in total. The van der Waals surface area contributed by atoms with Crippen LogP contribution >= 0.6 is 11.3 Å². The van der Waals surface area contributed by atoms with Crippen molar-refractivity contribution in [3.8, 4) is 11.4 Å². The Hall–Kier alpha value is -2.67. The molecule has 7 heteroatoms. The van der Waals surface area contributed by atoms with Crippen molar-refractivity contribution in [1.29, 1.82) is 0 Å². The highest BCUT2D eigenvalue weighted by Crippen LogP contribution is 2.17. The second kappa shape index (κ2) is 7.27. The zero-order valence-electron chi connectivity index (χ0n) is 13.4. The third-order valence-electron chi connectivity index (χ3n) is 3.61. The monoisotopic (exact) mass is 341 g/mol. The van der Waals surface area contributed by atoms with Crippen molar-refractivity contribution in [2.45, 2.75) is 19.8 Å². The van der Waals surface area contributed by atoms with Gasteiger partial charge < -0.3 is 16.0 Å². The number of amides is 1. The molecule has 0 saturated heterocycles. The summed E-state index contributed by atoms with van der Waals surface area (Å²) in [5.41, 5.74) is 8.73. The number of carbonyl (C=O) groups is 1. The van der Waals surface area contributed by atoms with Crippen LogP contribution in [0.4, 0.5) is 5.13 Å². The number of nitrogens with two attached hydrogens (primary N) is 1.